The molecule has 5 heteroatoms. The van der Waals surface area contributed by atoms with Gasteiger partial charge < -0.3 is 4.57 Å². The van der Waals surface area contributed by atoms with Gasteiger partial charge in [0.15, 0.2) is 0 Å². The van der Waals surface area contributed by atoms with Gasteiger partial charge in [-0.2, -0.15) is 0 Å². The molecular formula is C48H28N4S. The second-order valence-electron chi connectivity index (χ2n) is 13.8. The molecule has 0 unspecified atom stereocenters. The van der Waals surface area contributed by atoms with Crippen molar-refractivity contribution in [3.63, 3.8) is 0 Å². The van der Waals surface area contributed by atoms with E-state index < -0.39 is 0 Å². The van der Waals surface area contributed by atoms with Crippen LogP contribution in [0.15, 0.2) is 170 Å². The van der Waals surface area contributed by atoms with Crippen molar-refractivity contribution in [3.05, 3.63) is 170 Å². The molecule has 0 saturated carbocycles. The van der Waals surface area contributed by atoms with Crippen LogP contribution in [-0.4, -0.2) is 19.1 Å². The zero-order valence-corrected chi connectivity index (χ0v) is 29.2. The molecule has 0 N–H and O–H groups in total. The number of aromatic nitrogens is 4. The maximum Gasteiger partial charge on any atom is 0.235 e. The predicted octanol–water partition coefficient (Wildman–Crippen LogP) is 13.0. The normalized spacial score (nSPS) is 12.2. The van der Waals surface area contributed by atoms with Gasteiger partial charge in [0.05, 0.1) is 33.3 Å². The number of hydrogen-bond acceptors (Lipinski definition) is 3. The molecule has 0 bridgehead atoms. The Balaban J connectivity index is 1.11. The van der Waals surface area contributed by atoms with Crippen molar-refractivity contribution in [3.8, 4) is 22.9 Å². The minimum atomic E-state index is 0.671. The van der Waals surface area contributed by atoms with Crippen LogP contribution in [-0.2, 0) is 0 Å². The highest BCUT2D eigenvalue weighted by Gasteiger charge is 2.20. The van der Waals surface area contributed by atoms with Crippen LogP contribution in [0.1, 0.15) is 0 Å². The summed E-state index contributed by atoms with van der Waals surface area (Å²) in [6, 6.07) is 61.2. The summed E-state index contributed by atoms with van der Waals surface area (Å²) < 4.78 is 7.17. The first-order valence-electron chi connectivity index (χ1n) is 17.9. The van der Waals surface area contributed by atoms with Crippen molar-refractivity contribution in [2.75, 3.05) is 0 Å². The van der Waals surface area contributed by atoms with E-state index in [4.69, 9.17) is 9.97 Å². The molecule has 12 rings (SSSR count). The van der Waals surface area contributed by atoms with E-state index in [0.29, 0.717) is 5.95 Å². The topological polar surface area (TPSA) is 35.6 Å². The fourth-order valence-corrected chi connectivity index (χ4v) is 9.78. The second kappa shape index (κ2) is 10.8. The monoisotopic (exact) mass is 692 g/mol. The molecule has 12 aromatic rings. The summed E-state index contributed by atoms with van der Waals surface area (Å²) in [6.45, 7) is 0. The lowest BCUT2D eigenvalue weighted by molar-refractivity contribution is 1.01. The Morgan fingerprint density at radius 1 is 0.396 bits per heavy atom. The molecule has 0 aliphatic rings. The lowest BCUT2D eigenvalue weighted by atomic mass is 10.0. The van der Waals surface area contributed by atoms with E-state index in [0.717, 1.165) is 38.9 Å². The molecule has 4 aromatic heterocycles. The summed E-state index contributed by atoms with van der Waals surface area (Å²) in [4.78, 5) is 10.7. The summed E-state index contributed by atoms with van der Waals surface area (Å²) in [5.41, 5.74) is 8.75. The van der Waals surface area contributed by atoms with Gasteiger partial charge in [0, 0.05) is 58.4 Å². The van der Waals surface area contributed by atoms with Crippen LogP contribution in [0.25, 0.3) is 108 Å². The number of fused-ring (bicyclic) bond motifs is 11. The summed E-state index contributed by atoms with van der Waals surface area (Å²) >= 11 is 1.83. The predicted molar refractivity (Wildman–Crippen MR) is 224 cm³/mol. The highest BCUT2D eigenvalue weighted by molar-refractivity contribution is 7.26. The number of rotatable bonds is 3. The minimum Gasteiger partial charge on any atom is -0.309 e. The van der Waals surface area contributed by atoms with Crippen LogP contribution >= 0.6 is 11.3 Å². The van der Waals surface area contributed by atoms with Crippen molar-refractivity contribution < 1.29 is 0 Å². The van der Waals surface area contributed by atoms with Crippen LogP contribution in [0, 0.1) is 0 Å². The standard InChI is InChI=1S/C48H28N4S/c1-6-19-40-37(16-1)46(38-18-11-17-36-35-15-5-10-23-45(35)53-47(36)38)50-48(49-40)52-43-22-9-4-14-34(43)39-27-30-26-31(25-24-29(30)28-44(39)52)51-41-20-7-2-12-32(41)33-13-3-8-21-42(33)51/h1-28H. The first kappa shape index (κ1) is 28.8. The van der Waals surface area contributed by atoms with Gasteiger partial charge in [-0.1, -0.05) is 115 Å². The third-order valence-electron chi connectivity index (χ3n) is 10.9. The Bertz CT molecular complexity index is 3420. The summed E-state index contributed by atoms with van der Waals surface area (Å²) in [5.74, 6) is 0.671. The Labute approximate surface area is 307 Å². The van der Waals surface area contributed by atoms with Crippen LogP contribution in [0.4, 0.5) is 0 Å². The van der Waals surface area contributed by atoms with E-state index in [-0.39, 0.29) is 0 Å². The fourth-order valence-electron chi connectivity index (χ4n) is 8.56. The largest absolute Gasteiger partial charge is 0.309 e. The lowest BCUT2D eigenvalue weighted by Crippen LogP contribution is -2.03. The molecular weight excluding hydrogens is 665 g/mol. The van der Waals surface area contributed by atoms with Gasteiger partial charge in [-0.3, -0.25) is 4.57 Å². The van der Waals surface area contributed by atoms with E-state index in [2.05, 4.69) is 179 Å². The highest BCUT2D eigenvalue weighted by atomic mass is 32.1. The molecule has 0 fully saturated rings. The quantitative estimate of drug-likeness (QED) is 0.185. The maximum atomic E-state index is 5.48. The molecule has 53 heavy (non-hydrogen) atoms. The SMILES string of the molecule is c1ccc2c(-c3cccc4c3sc3ccccc34)nc(-n3c4ccccc4c4cc5cc(-n6c7ccccc7c7ccccc76)ccc5cc43)nc2c1. The molecule has 8 aromatic carbocycles. The van der Waals surface area contributed by atoms with Gasteiger partial charge in [-0.05, 0) is 65.4 Å². The van der Waals surface area contributed by atoms with E-state index in [9.17, 15) is 0 Å². The van der Waals surface area contributed by atoms with Gasteiger partial charge in [0.1, 0.15) is 0 Å². The van der Waals surface area contributed by atoms with E-state index in [1.807, 2.05) is 11.3 Å². The zero-order chi connectivity index (χ0) is 34.6. The number of hydrogen-bond donors (Lipinski definition) is 0. The average Bonchev–Trinajstić information content (AvgIpc) is 3.87. The molecule has 0 saturated heterocycles. The van der Waals surface area contributed by atoms with Crippen LogP contribution in [0.2, 0.25) is 0 Å². The zero-order valence-electron chi connectivity index (χ0n) is 28.4. The molecule has 0 radical (unpaired) electrons. The van der Waals surface area contributed by atoms with Crippen molar-refractivity contribution in [1.29, 1.82) is 0 Å². The summed E-state index contributed by atoms with van der Waals surface area (Å²) in [6.07, 6.45) is 0. The molecule has 4 heterocycles. The number of para-hydroxylation sites is 4. The first-order chi connectivity index (χ1) is 26.3. The third-order valence-corrected chi connectivity index (χ3v) is 12.1. The fraction of sp³-hybridized carbons (Fsp3) is 0. The minimum absolute atomic E-state index is 0.671. The average molecular weight is 693 g/mol. The lowest BCUT2D eigenvalue weighted by Gasteiger charge is -2.13. The number of nitrogens with zero attached hydrogens (tertiary/aromatic N) is 4. The third kappa shape index (κ3) is 4.11. The Morgan fingerprint density at radius 3 is 1.79 bits per heavy atom. The smallest absolute Gasteiger partial charge is 0.235 e. The van der Waals surface area contributed by atoms with Crippen LogP contribution in [0.5, 0.6) is 0 Å². The molecule has 0 aliphatic carbocycles. The summed E-state index contributed by atoms with van der Waals surface area (Å²) in [7, 11) is 0. The summed E-state index contributed by atoms with van der Waals surface area (Å²) in [5, 5.41) is 10.8. The Kier molecular flexibility index (Phi) is 5.90. The van der Waals surface area contributed by atoms with Gasteiger partial charge in [0.25, 0.3) is 0 Å². The van der Waals surface area contributed by atoms with Crippen LogP contribution in [0.3, 0.4) is 0 Å². The van der Waals surface area contributed by atoms with E-state index in [1.165, 1.54) is 63.5 Å². The molecule has 0 atom stereocenters. The van der Waals surface area contributed by atoms with E-state index >= 15 is 0 Å². The van der Waals surface area contributed by atoms with Crippen molar-refractivity contribution in [2.45, 2.75) is 0 Å². The van der Waals surface area contributed by atoms with E-state index in [1.54, 1.807) is 0 Å². The second-order valence-corrected chi connectivity index (χ2v) is 14.8. The van der Waals surface area contributed by atoms with Gasteiger partial charge in [0.2, 0.25) is 5.95 Å². The van der Waals surface area contributed by atoms with Crippen molar-refractivity contribution in [1.82, 2.24) is 19.1 Å². The number of benzene rings is 8. The first-order valence-corrected chi connectivity index (χ1v) is 18.7. The van der Waals surface area contributed by atoms with Gasteiger partial charge in [-0.15, -0.1) is 11.3 Å². The Morgan fingerprint density at radius 2 is 1.02 bits per heavy atom. The molecule has 246 valence electrons. The highest BCUT2D eigenvalue weighted by Crippen LogP contribution is 2.42. The molecule has 0 amide bonds. The molecule has 4 nitrogen and oxygen atoms in total. The van der Waals surface area contributed by atoms with Crippen LogP contribution < -0.4 is 0 Å². The number of thiophene rings is 1. The molecule has 0 aliphatic heterocycles. The Hall–Kier alpha value is -6.82. The van der Waals surface area contributed by atoms with Crippen molar-refractivity contribution >= 4 is 96.8 Å². The van der Waals surface area contributed by atoms with Gasteiger partial charge >= 0.3 is 0 Å². The van der Waals surface area contributed by atoms with Gasteiger partial charge in [-0.25, -0.2) is 9.97 Å². The maximum absolute atomic E-state index is 5.48. The van der Waals surface area contributed by atoms with Crippen molar-refractivity contribution in [2.24, 2.45) is 0 Å². The molecule has 0 spiro atoms.